The number of carbonyl (C=O) groups is 1. The summed E-state index contributed by atoms with van der Waals surface area (Å²) in [6.45, 7) is 6.31. The molecule has 6 nitrogen and oxygen atoms in total. The van der Waals surface area contributed by atoms with Gasteiger partial charge in [-0.1, -0.05) is 32.4 Å². The van der Waals surface area contributed by atoms with Crippen molar-refractivity contribution in [2.24, 2.45) is 11.8 Å². The number of sulfonamides is 1. The predicted octanol–water partition coefficient (Wildman–Crippen LogP) is 4.76. The first kappa shape index (κ1) is 21.6. The lowest BCUT2D eigenvalue weighted by Crippen LogP contribution is -2.30. The maximum Gasteiger partial charge on any atom is 0.243 e. The molecule has 0 saturated heterocycles. The number of halogens is 1. The average Bonchev–Trinajstić information content (AvgIpc) is 3.42. The van der Waals surface area contributed by atoms with Crippen molar-refractivity contribution in [3.63, 3.8) is 0 Å². The molecule has 156 valence electrons. The van der Waals surface area contributed by atoms with E-state index in [1.165, 1.54) is 16.4 Å². The zero-order chi connectivity index (χ0) is 21.2. The van der Waals surface area contributed by atoms with E-state index in [0.717, 1.165) is 6.42 Å². The molecule has 0 radical (unpaired) electrons. The van der Waals surface area contributed by atoms with Crippen molar-refractivity contribution in [2.45, 2.75) is 32.1 Å². The molecule has 2 aromatic rings. The van der Waals surface area contributed by atoms with Crippen LogP contribution < -0.4 is 10.1 Å². The van der Waals surface area contributed by atoms with Crippen LogP contribution in [0, 0.1) is 11.8 Å². The molecule has 1 aliphatic rings. The zero-order valence-electron chi connectivity index (χ0n) is 16.7. The molecule has 0 aliphatic heterocycles. The molecule has 1 N–H and O–H groups in total. The Bertz CT molecular complexity index is 988. The van der Waals surface area contributed by atoms with Gasteiger partial charge < -0.3 is 10.1 Å². The average molecular weight is 437 g/mol. The van der Waals surface area contributed by atoms with Gasteiger partial charge in [0.15, 0.2) is 5.75 Å². The SMILES string of the molecule is CCN(CC)S(=O)(=O)c1ccc(Oc2ccc(Cl)cc2)c(NC(=O)C2CC2C)c1. The number of ether oxygens (including phenoxy) is 1. The quantitative estimate of drug-likeness (QED) is 0.647. The Morgan fingerprint density at radius 2 is 1.79 bits per heavy atom. The third-order valence-corrected chi connectivity index (χ3v) is 7.34. The molecule has 0 spiro atoms. The molecular weight excluding hydrogens is 412 g/mol. The fourth-order valence-corrected chi connectivity index (χ4v) is 4.72. The van der Waals surface area contributed by atoms with Crippen molar-refractivity contribution in [1.82, 2.24) is 4.31 Å². The van der Waals surface area contributed by atoms with Gasteiger partial charge in [-0.25, -0.2) is 8.42 Å². The van der Waals surface area contributed by atoms with Gasteiger partial charge in [0, 0.05) is 24.0 Å². The second kappa shape index (κ2) is 8.73. The van der Waals surface area contributed by atoms with E-state index in [-0.39, 0.29) is 16.7 Å². The molecule has 2 unspecified atom stereocenters. The fourth-order valence-electron chi connectivity index (χ4n) is 3.11. The lowest BCUT2D eigenvalue weighted by Gasteiger charge is -2.20. The molecule has 2 aromatic carbocycles. The Morgan fingerprint density at radius 3 is 2.34 bits per heavy atom. The third-order valence-electron chi connectivity index (χ3n) is 5.04. The molecule has 3 rings (SSSR count). The minimum Gasteiger partial charge on any atom is -0.455 e. The first-order valence-corrected chi connectivity index (χ1v) is 11.5. The van der Waals surface area contributed by atoms with Crippen LogP contribution in [0.15, 0.2) is 47.4 Å². The first-order valence-electron chi connectivity index (χ1n) is 9.64. The minimum absolute atomic E-state index is 0.0542. The van der Waals surface area contributed by atoms with Crippen LogP contribution in [-0.4, -0.2) is 31.7 Å². The van der Waals surface area contributed by atoms with Gasteiger partial charge in [0.05, 0.1) is 10.6 Å². The number of nitrogens with zero attached hydrogens (tertiary/aromatic N) is 1. The summed E-state index contributed by atoms with van der Waals surface area (Å²) >= 11 is 5.91. The lowest BCUT2D eigenvalue weighted by molar-refractivity contribution is -0.117. The van der Waals surface area contributed by atoms with Crippen LogP contribution in [0.3, 0.4) is 0 Å². The molecule has 29 heavy (non-hydrogen) atoms. The van der Waals surface area contributed by atoms with E-state index in [2.05, 4.69) is 5.32 Å². The summed E-state index contributed by atoms with van der Waals surface area (Å²) < 4.78 is 33.1. The fraction of sp³-hybridized carbons (Fsp3) is 0.381. The highest BCUT2D eigenvalue weighted by Gasteiger charge is 2.39. The topological polar surface area (TPSA) is 75.7 Å². The zero-order valence-corrected chi connectivity index (χ0v) is 18.3. The summed E-state index contributed by atoms with van der Waals surface area (Å²) in [6.07, 6.45) is 0.830. The van der Waals surface area contributed by atoms with Crippen LogP contribution in [0.5, 0.6) is 11.5 Å². The van der Waals surface area contributed by atoms with Gasteiger partial charge in [-0.15, -0.1) is 0 Å². The van der Waals surface area contributed by atoms with Crippen molar-refractivity contribution < 1.29 is 17.9 Å². The van der Waals surface area contributed by atoms with E-state index in [0.29, 0.717) is 41.2 Å². The molecule has 8 heteroatoms. The van der Waals surface area contributed by atoms with Gasteiger partial charge in [-0.3, -0.25) is 4.79 Å². The second-order valence-electron chi connectivity index (χ2n) is 7.11. The Balaban J connectivity index is 1.96. The van der Waals surface area contributed by atoms with Crippen molar-refractivity contribution in [1.29, 1.82) is 0 Å². The number of benzene rings is 2. The lowest BCUT2D eigenvalue weighted by atomic mass is 10.2. The van der Waals surface area contributed by atoms with Crippen molar-refractivity contribution in [2.75, 3.05) is 18.4 Å². The van der Waals surface area contributed by atoms with E-state index in [1.54, 1.807) is 44.2 Å². The number of carbonyl (C=O) groups excluding carboxylic acids is 1. The number of anilines is 1. The van der Waals surface area contributed by atoms with Gasteiger partial charge in [0.1, 0.15) is 5.75 Å². The minimum atomic E-state index is -3.66. The van der Waals surface area contributed by atoms with Crippen molar-refractivity contribution >= 4 is 33.2 Å². The molecule has 1 aliphatic carbocycles. The van der Waals surface area contributed by atoms with Crippen LogP contribution >= 0.6 is 11.6 Å². The summed E-state index contributed by atoms with van der Waals surface area (Å²) in [4.78, 5) is 12.6. The van der Waals surface area contributed by atoms with Crippen LogP contribution in [0.2, 0.25) is 5.02 Å². The van der Waals surface area contributed by atoms with Gasteiger partial charge >= 0.3 is 0 Å². The van der Waals surface area contributed by atoms with Gasteiger partial charge in [-0.05, 0) is 54.8 Å². The molecular formula is C21H25ClN2O4S. The molecule has 0 bridgehead atoms. The molecule has 2 atom stereocenters. The Hall–Kier alpha value is -2.09. The van der Waals surface area contributed by atoms with Crippen molar-refractivity contribution in [3.8, 4) is 11.5 Å². The molecule has 1 amide bonds. The number of amides is 1. The van der Waals surface area contributed by atoms with Gasteiger partial charge in [0.2, 0.25) is 15.9 Å². The monoisotopic (exact) mass is 436 g/mol. The number of hydrogen-bond acceptors (Lipinski definition) is 4. The molecule has 1 fully saturated rings. The predicted molar refractivity (Wildman–Crippen MR) is 114 cm³/mol. The van der Waals surface area contributed by atoms with E-state index >= 15 is 0 Å². The van der Waals surface area contributed by atoms with Crippen LogP contribution in [0.1, 0.15) is 27.2 Å². The van der Waals surface area contributed by atoms with E-state index in [1.807, 2.05) is 6.92 Å². The highest BCUT2D eigenvalue weighted by Crippen LogP contribution is 2.40. The highest BCUT2D eigenvalue weighted by molar-refractivity contribution is 7.89. The first-order chi connectivity index (χ1) is 13.8. The van der Waals surface area contributed by atoms with E-state index in [9.17, 15) is 13.2 Å². The van der Waals surface area contributed by atoms with Crippen LogP contribution in [0.4, 0.5) is 5.69 Å². The standard InChI is InChI=1S/C21H25ClN2O4S/c1-4-24(5-2)29(26,27)17-10-11-20(28-16-8-6-15(22)7-9-16)19(13-17)23-21(25)18-12-14(18)3/h6-11,13-14,18H,4-5,12H2,1-3H3,(H,23,25). The Labute approximate surface area is 176 Å². The summed E-state index contributed by atoms with van der Waals surface area (Å²) in [7, 11) is -3.66. The van der Waals surface area contributed by atoms with Crippen molar-refractivity contribution in [3.05, 3.63) is 47.5 Å². The van der Waals surface area contributed by atoms with E-state index in [4.69, 9.17) is 16.3 Å². The summed E-state index contributed by atoms with van der Waals surface area (Å²) in [5.41, 5.74) is 0.331. The third kappa shape index (κ3) is 4.91. The molecule has 0 aromatic heterocycles. The van der Waals surface area contributed by atoms with Crippen LogP contribution in [-0.2, 0) is 14.8 Å². The summed E-state index contributed by atoms with van der Waals surface area (Å²) in [5, 5.41) is 3.43. The second-order valence-corrected chi connectivity index (χ2v) is 9.49. The molecule has 1 saturated carbocycles. The maximum atomic E-state index is 12.9. The Morgan fingerprint density at radius 1 is 1.17 bits per heavy atom. The summed E-state index contributed by atoms with van der Waals surface area (Å²) in [6, 6.07) is 11.3. The number of rotatable bonds is 8. The maximum absolute atomic E-state index is 12.9. The number of nitrogens with one attached hydrogen (secondary N) is 1. The number of hydrogen-bond donors (Lipinski definition) is 1. The van der Waals surface area contributed by atoms with Gasteiger partial charge in [0.25, 0.3) is 0 Å². The molecule has 0 heterocycles. The smallest absolute Gasteiger partial charge is 0.243 e. The van der Waals surface area contributed by atoms with E-state index < -0.39 is 10.0 Å². The largest absolute Gasteiger partial charge is 0.455 e. The highest BCUT2D eigenvalue weighted by atomic mass is 35.5. The van der Waals surface area contributed by atoms with Gasteiger partial charge in [-0.2, -0.15) is 4.31 Å². The normalized spacial score (nSPS) is 18.5. The Kier molecular flexibility index (Phi) is 6.51. The van der Waals surface area contributed by atoms with Crippen LogP contribution in [0.25, 0.3) is 0 Å². The summed E-state index contributed by atoms with van der Waals surface area (Å²) in [5.74, 6) is 1.05.